The summed E-state index contributed by atoms with van der Waals surface area (Å²) in [6.07, 6.45) is 0.933. The van der Waals surface area contributed by atoms with Gasteiger partial charge in [0, 0.05) is 5.69 Å². The minimum absolute atomic E-state index is 0.00369. The predicted octanol–water partition coefficient (Wildman–Crippen LogP) is 4.11. The van der Waals surface area contributed by atoms with Gasteiger partial charge in [-0.3, -0.25) is 9.59 Å². The molecule has 1 atom stereocenters. The van der Waals surface area contributed by atoms with E-state index in [1.54, 1.807) is 41.9 Å². The van der Waals surface area contributed by atoms with E-state index in [2.05, 4.69) is 15.7 Å². The Bertz CT molecular complexity index is 1120. The van der Waals surface area contributed by atoms with Gasteiger partial charge in [0.2, 0.25) is 0 Å². The van der Waals surface area contributed by atoms with Crippen LogP contribution in [0.5, 0.6) is 5.75 Å². The molecule has 0 aliphatic carbocycles. The molecule has 0 radical (unpaired) electrons. The van der Waals surface area contributed by atoms with Crippen LogP contribution in [0.4, 0.5) is 15.8 Å². The van der Waals surface area contributed by atoms with E-state index in [1.807, 2.05) is 13.8 Å². The molecular formula is C22H21FN4O3. The lowest BCUT2D eigenvalue weighted by molar-refractivity contribution is -0.122. The maximum Gasteiger partial charge on any atom is 0.265 e. The van der Waals surface area contributed by atoms with Crippen molar-refractivity contribution in [1.29, 1.82) is 0 Å². The zero-order valence-electron chi connectivity index (χ0n) is 16.8. The first-order chi connectivity index (χ1) is 14.3. The number of rotatable bonds is 4. The summed E-state index contributed by atoms with van der Waals surface area (Å²) in [4.78, 5) is 24.8. The lowest BCUT2D eigenvalue weighted by Gasteiger charge is -2.23. The fraction of sp³-hybridized carbons (Fsp3) is 0.227. The molecule has 0 saturated carbocycles. The van der Waals surface area contributed by atoms with E-state index in [0.717, 1.165) is 0 Å². The number of anilines is 2. The summed E-state index contributed by atoms with van der Waals surface area (Å²) in [5.74, 6) is -0.368. The molecule has 0 saturated heterocycles. The van der Waals surface area contributed by atoms with E-state index in [9.17, 15) is 14.0 Å². The van der Waals surface area contributed by atoms with Crippen molar-refractivity contribution < 1.29 is 18.7 Å². The SMILES string of the molecule is CC1Oc2ccc(NC(=O)c3cnn(-c4ccc(F)cc4)c3C(C)C)cc2NC1=O. The average molecular weight is 408 g/mol. The quantitative estimate of drug-likeness (QED) is 0.680. The number of nitrogens with one attached hydrogen (secondary N) is 2. The minimum atomic E-state index is -0.566. The number of nitrogens with zero attached hydrogens (tertiary/aromatic N) is 2. The summed E-state index contributed by atoms with van der Waals surface area (Å²) in [5, 5.41) is 9.95. The van der Waals surface area contributed by atoms with Gasteiger partial charge in [-0.15, -0.1) is 0 Å². The highest BCUT2D eigenvalue weighted by Crippen LogP contribution is 2.32. The van der Waals surface area contributed by atoms with E-state index in [0.29, 0.717) is 34.1 Å². The van der Waals surface area contributed by atoms with Crippen LogP contribution < -0.4 is 15.4 Å². The van der Waals surface area contributed by atoms with Crippen molar-refractivity contribution in [3.05, 3.63) is 65.7 Å². The van der Waals surface area contributed by atoms with Crippen molar-refractivity contribution in [2.45, 2.75) is 32.8 Å². The van der Waals surface area contributed by atoms with E-state index in [1.165, 1.54) is 18.3 Å². The molecule has 3 aromatic rings. The first kappa shape index (κ1) is 19.6. The molecule has 2 amide bonds. The van der Waals surface area contributed by atoms with Gasteiger partial charge in [0.15, 0.2) is 6.10 Å². The molecule has 0 fully saturated rings. The monoisotopic (exact) mass is 408 g/mol. The second-order valence-electron chi connectivity index (χ2n) is 7.40. The second-order valence-corrected chi connectivity index (χ2v) is 7.40. The van der Waals surface area contributed by atoms with Gasteiger partial charge in [-0.1, -0.05) is 13.8 Å². The summed E-state index contributed by atoms with van der Waals surface area (Å²) in [6, 6.07) is 11.0. The van der Waals surface area contributed by atoms with Crippen LogP contribution in [-0.4, -0.2) is 27.7 Å². The van der Waals surface area contributed by atoms with Crippen molar-refractivity contribution in [1.82, 2.24) is 9.78 Å². The molecule has 2 N–H and O–H groups in total. The standard InChI is InChI=1S/C22H21FN4O3/c1-12(2)20-17(11-24-27(20)16-7-4-14(23)5-8-16)22(29)25-15-6-9-19-18(10-15)26-21(28)13(3)30-19/h4-13H,1-3H3,(H,25,29)(H,26,28). The number of ether oxygens (including phenoxy) is 1. The van der Waals surface area contributed by atoms with Crippen molar-refractivity contribution in [2.75, 3.05) is 10.6 Å². The molecule has 30 heavy (non-hydrogen) atoms. The maximum atomic E-state index is 13.3. The van der Waals surface area contributed by atoms with E-state index in [-0.39, 0.29) is 23.5 Å². The number of halogens is 1. The van der Waals surface area contributed by atoms with Crippen molar-refractivity contribution in [2.24, 2.45) is 0 Å². The molecule has 0 bridgehead atoms. The van der Waals surface area contributed by atoms with Crippen molar-refractivity contribution in [3.8, 4) is 11.4 Å². The Morgan fingerprint density at radius 2 is 1.97 bits per heavy atom. The Labute approximate surface area is 172 Å². The van der Waals surface area contributed by atoms with Gasteiger partial charge in [0.25, 0.3) is 11.8 Å². The van der Waals surface area contributed by atoms with E-state index < -0.39 is 6.10 Å². The number of fused-ring (bicyclic) bond motifs is 1. The molecule has 2 aromatic carbocycles. The lowest BCUT2D eigenvalue weighted by Crippen LogP contribution is -2.34. The molecule has 1 aliphatic rings. The molecule has 8 heteroatoms. The highest BCUT2D eigenvalue weighted by Gasteiger charge is 2.25. The number of hydrogen-bond donors (Lipinski definition) is 2. The summed E-state index contributed by atoms with van der Waals surface area (Å²) in [5.41, 5.74) is 2.81. The molecule has 7 nitrogen and oxygen atoms in total. The third-order valence-electron chi connectivity index (χ3n) is 4.84. The minimum Gasteiger partial charge on any atom is -0.479 e. The Balaban J connectivity index is 1.62. The predicted molar refractivity (Wildman–Crippen MR) is 111 cm³/mol. The second kappa shape index (κ2) is 7.62. The molecular weight excluding hydrogens is 387 g/mol. The smallest absolute Gasteiger partial charge is 0.265 e. The van der Waals surface area contributed by atoms with Crippen LogP contribution >= 0.6 is 0 Å². The van der Waals surface area contributed by atoms with Crippen LogP contribution in [0.3, 0.4) is 0 Å². The Kier molecular flexibility index (Phi) is 4.99. The highest BCUT2D eigenvalue weighted by atomic mass is 19.1. The average Bonchev–Trinajstić information content (AvgIpc) is 3.15. The van der Waals surface area contributed by atoms with E-state index >= 15 is 0 Å². The van der Waals surface area contributed by atoms with Crippen LogP contribution in [0.1, 0.15) is 42.7 Å². The number of carbonyl (C=O) groups excluding carboxylic acids is 2. The summed E-state index contributed by atoms with van der Waals surface area (Å²) < 4.78 is 20.4. The zero-order chi connectivity index (χ0) is 21.4. The van der Waals surface area contributed by atoms with Gasteiger partial charge in [0.05, 0.1) is 28.8 Å². The van der Waals surface area contributed by atoms with Gasteiger partial charge >= 0.3 is 0 Å². The number of hydrogen-bond acceptors (Lipinski definition) is 4. The molecule has 4 rings (SSSR count). The van der Waals surface area contributed by atoms with E-state index in [4.69, 9.17) is 4.74 Å². The molecule has 2 heterocycles. The molecule has 1 aliphatic heterocycles. The van der Waals surface area contributed by atoms with Crippen LogP contribution in [0, 0.1) is 5.82 Å². The molecule has 0 spiro atoms. The Morgan fingerprint density at radius 1 is 1.23 bits per heavy atom. The van der Waals surface area contributed by atoms with Gasteiger partial charge in [-0.25, -0.2) is 9.07 Å². The first-order valence-electron chi connectivity index (χ1n) is 9.60. The lowest BCUT2D eigenvalue weighted by atomic mass is 10.0. The normalized spacial score (nSPS) is 15.4. The molecule has 154 valence electrons. The summed E-state index contributed by atoms with van der Waals surface area (Å²) in [7, 11) is 0. The van der Waals surface area contributed by atoms with Crippen LogP contribution in [0.15, 0.2) is 48.7 Å². The highest BCUT2D eigenvalue weighted by molar-refractivity contribution is 6.06. The summed E-state index contributed by atoms with van der Waals surface area (Å²) in [6.45, 7) is 5.58. The third kappa shape index (κ3) is 3.63. The van der Waals surface area contributed by atoms with Gasteiger partial charge < -0.3 is 15.4 Å². The van der Waals surface area contributed by atoms with Crippen LogP contribution in [-0.2, 0) is 4.79 Å². The van der Waals surface area contributed by atoms with Crippen molar-refractivity contribution in [3.63, 3.8) is 0 Å². The van der Waals surface area contributed by atoms with Crippen LogP contribution in [0.2, 0.25) is 0 Å². The molecule has 1 aromatic heterocycles. The molecule has 1 unspecified atom stereocenters. The van der Waals surface area contributed by atoms with Crippen LogP contribution in [0.25, 0.3) is 5.69 Å². The number of amides is 2. The van der Waals surface area contributed by atoms with Crippen molar-refractivity contribution >= 4 is 23.2 Å². The summed E-state index contributed by atoms with van der Waals surface area (Å²) >= 11 is 0. The Hall–Kier alpha value is -3.68. The van der Waals surface area contributed by atoms with Gasteiger partial charge in [0.1, 0.15) is 11.6 Å². The van der Waals surface area contributed by atoms with Gasteiger partial charge in [-0.2, -0.15) is 5.10 Å². The topological polar surface area (TPSA) is 85.2 Å². The fourth-order valence-electron chi connectivity index (χ4n) is 3.36. The maximum absolute atomic E-state index is 13.3. The number of carbonyl (C=O) groups is 2. The third-order valence-corrected chi connectivity index (χ3v) is 4.84. The van der Waals surface area contributed by atoms with Gasteiger partial charge in [-0.05, 0) is 55.3 Å². The largest absolute Gasteiger partial charge is 0.479 e. The fourth-order valence-corrected chi connectivity index (χ4v) is 3.36. The zero-order valence-corrected chi connectivity index (χ0v) is 16.8. The first-order valence-corrected chi connectivity index (χ1v) is 9.60. The number of benzene rings is 2. The Morgan fingerprint density at radius 3 is 2.67 bits per heavy atom. The number of aromatic nitrogens is 2.